The van der Waals surface area contributed by atoms with Crippen LogP contribution in [0.3, 0.4) is 0 Å². The van der Waals surface area contributed by atoms with Crippen molar-refractivity contribution < 1.29 is 9.47 Å². The second-order valence-electron chi connectivity index (χ2n) is 3.34. The summed E-state index contributed by atoms with van der Waals surface area (Å²) in [5, 5.41) is 0. The smallest absolute Gasteiger partial charge is 0.0764 e. The van der Waals surface area contributed by atoms with Gasteiger partial charge in [0.25, 0.3) is 0 Å². The van der Waals surface area contributed by atoms with Crippen LogP contribution in [-0.4, -0.2) is 32.0 Å². The Morgan fingerprint density at radius 2 is 2.46 bits per heavy atom. The molecular formula is C9H20N2O2. The second-order valence-corrected chi connectivity index (χ2v) is 3.34. The fourth-order valence-corrected chi connectivity index (χ4v) is 1.59. The predicted molar refractivity (Wildman–Crippen MR) is 51.2 cm³/mol. The van der Waals surface area contributed by atoms with Crippen LogP contribution in [0.15, 0.2) is 0 Å². The number of ether oxygens (including phenoxy) is 2. The first-order chi connectivity index (χ1) is 6.38. The van der Waals surface area contributed by atoms with E-state index < -0.39 is 0 Å². The molecule has 2 atom stereocenters. The Balaban J connectivity index is 2.26. The molecule has 0 radical (unpaired) electrons. The van der Waals surface area contributed by atoms with Gasteiger partial charge in [0, 0.05) is 13.2 Å². The fraction of sp³-hybridized carbons (Fsp3) is 1.00. The lowest BCUT2D eigenvalue weighted by molar-refractivity contribution is -0.0293. The molecule has 13 heavy (non-hydrogen) atoms. The highest BCUT2D eigenvalue weighted by Crippen LogP contribution is 2.15. The zero-order chi connectivity index (χ0) is 9.52. The van der Waals surface area contributed by atoms with Crippen LogP contribution in [-0.2, 0) is 9.47 Å². The Morgan fingerprint density at radius 1 is 1.62 bits per heavy atom. The number of hydrogen-bond acceptors (Lipinski definition) is 4. The van der Waals surface area contributed by atoms with E-state index in [4.69, 9.17) is 15.3 Å². The van der Waals surface area contributed by atoms with Gasteiger partial charge in [-0.05, 0) is 26.2 Å². The zero-order valence-corrected chi connectivity index (χ0v) is 8.29. The molecule has 0 amide bonds. The SMILES string of the molecule is CCOCC(NN)C1CCCCO1. The van der Waals surface area contributed by atoms with Crippen molar-refractivity contribution in [3.8, 4) is 0 Å². The van der Waals surface area contributed by atoms with Crippen LogP contribution >= 0.6 is 0 Å². The lowest BCUT2D eigenvalue weighted by Crippen LogP contribution is -2.49. The van der Waals surface area contributed by atoms with Crippen LogP contribution in [0.5, 0.6) is 0 Å². The topological polar surface area (TPSA) is 56.5 Å². The quantitative estimate of drug-likeness (QED) is 0.485. The van der Waals surface area contributed by atoms with Crippen LogP contribution in [0.4, 0.5) is 0 Å². The zero-order valence-electron chi connectivity index (χ0n) is 8.29. The maximum atomic E-state index is 5.61. The molecule has 1 rings (SSSR count). The van der Waals surface area contributed by atoms with Crippen molar-refractivity contribution in [1.82, 2.24) is 5.43 Å². The molecular weight excluding hydrogens is 168 g/mol. The fourth-order valence-electron chi connectivity index (χ4n) is 1.59. The van der Waals surface area contributed by atoms with E-state index in [0.29, 0.717) is 6.61 Å². The highest BCUT2D eigenvalue weighted by atomic mass is 16.5. The molecule has 2 unspecified atom stereocenters. The van der Waals surface area contributed by atoms with Crippen LogP contribution in [0.25, 0.3) is 0 Å². The van der Waals surface area contributed by atoms with E-state index in [2.05, 4.69) is 5.43 Å². The van der Waals surface area contributed by atoms with E-state index in [0.717, 1.165) is 19.6 Å². The van der Waals surface area contributed by atoms with E-state index >= 15 is 0 Å². The van der Waals surface area contributed by atoms with Gasteiger partial charge in [0.2, 0.25) is 0 Å². The second kappa shape index (κ2) is 6.32. The monoisotopic (exact) mass is 188 g/mol. The van der Waals surface area contributed by atoms with E-state index in [1.165, 1.54) is 12.8 Å². The standard InChI is InChI=1S/C9H20N2O2/c1-2-12-7-8(11-10)9-5-3-4-6-13-9/h8-9,11H,2-7,10H2,1H3. The van der Waals surface area contributed by atoms with Gasteiger partial charge < -0.3 is 9.47 Å². The van der Waals surface area contributed by atoms with Crippen LogP contribution < -0.4 is 11.3 Å². The molecule has 0 spiro atoms. The normalized spacial score (nSPS) is 25.8. The number of hydrogen-bond donors (Lipinski definition) is 2. The summed E-state index contributed by atoms with van der Waals surface area (Å²) in [6.07, 6.45) is 3.71. The van der Waals surface area contributed by atoms with Gasteiger partial charge in [0.1, 0.15) is 0 Å². The van der Waals surface area contributed by atoms with Crippen LogP contribution in [0, 0.1) is 0 Å². The highest BCUT2D eigenvalue weighted by molar-refractivity contribution is 4.77. The van der Waals surface area contributed by atoms with Crippen molar-refractivity contribution in [1.29, 1.82) is 0 Å². The van der Waals surface area contributed by atoms with Crippen molar-refractivity contribution in [2.45, 2.75) is 38.3 Å². The Bertz CT molecular complexity index is 127. The molecule has 3 N–H and O–H groups in total. The van der Waals surface area contributed by atoms with E-state index in [-0.39, 0.29) is 12.1 Å². The summed E-state index contributed by atoms with van der Waals surface area (Å²) < 4.78 is 10.9. The number of nitrogens with one attached hydrogen (secondary N) is 1. The van der Waals surface area contributed by atoms with Crippen molar-refractivity contribution in [3.63, 3.8) is 0 Å². The Kier molecular flexibility index (Phi) is 5.31. The van der Waals surface area contributed by atoms with Gasteiger partial charge in [0.05, 0.1) is 18.8 Å². The maximum absolute atomic E-state index is 5.61. The van der Waals surface area contributed by atoms with Gasteiger partial charge in [-0.25, -0.2) is 0 Å². The molecule has 1 heterocycles. The number of nitrogens with two attached hydrogens (primary N) is 1. The van der Waals surface area contributed by atoms with Gasteiger partial charge in [0.15, 0.2) is 0 Å². The molecule has 1 saturated heterocycles. The molecule has 1 aliphatic rings. The van der Waals surface area contributed by atoms with Gasteiger partial charge in [-0.3, -0.25) is 11.3 Å². The summed E-state index contributed by atoms with van der Waals surface area (Å²) in [5.74, 6) is 5.43. The third-order valence-corrected chi connectivity index (χ3v) is 2.38. The first-order valence-electron chi connectivity index (χ1n) is 5.04. The molecule has 4 nitrogen and oxygen atoms in total. The van der Waals surface area contributed by atoms with Crippen molar-refractivity contribution in [2.24, 2.45) is 5.84 Å². The molecule has 0 aromatic rings. The van der Waals surface area contributed by atoms with Gasteiger partial charge >= 0.3 is 0 Å². The minimum atomic E-state index is 0.139. The lowest BCUT2D eigenvalue weighted by Gasteiger charge is -2.29. The first-order valence-corrected chi connectivity index (χ1v) is 5.04. The van der Waals surface area contributed by atoms with Gasteiger partial charge in [-0.2, -0.15) is 0 Å². The minimum absolute atomic E-state index is 0.139. The predicted octanol–water partition coefficient (Wildman–Crippen LogP) is 0.424. The van der Waals surface area contributed by atoms with Crippen molar-refractivity contribution in [2.75, 3.05) is 19.8 Å². The van der Waals surface area contributed by atoms with Crippen LogP contribution in [0.1, 0.15) is 26.2 Å². The molecule has 4 heteroatoms. The minimum Gasteiger partial charge on any atom is -0.380 e. The first kappa shape index (κ1) is 10.9. The summed E-state index contributed by atoms with van der Waals surface area (Å²) in [6.45, 7) is 4.20. The average molecular weight is 188 g/mol. The molecule has 0 aromatic carbocycles. The molecule has 0 bridgehead atoms. The Morgan fingerprint density at radius 3 is 3.00 bits per heavy atom. The largest absolute Gasteiger partial charge is 0.380 e. The maximum Gasteiger partial charge on any atom is 0.0764 e. The average Bonchev–Trinajstić information content (AvgIpc) is 2.21. The Labute approximate surface area is 79.7 Å². The van der Waals surface area contributed by atoms with Gasteiger partial charge in [-0.1, -0.05) is 0 Å². The molecule has 0 aromatic heterocycles. The van der Waals surface area contributed by atoms with Crippen molar-refractivity contribution >= 4 is 0 Å². The molecule has 78 valence electrons. The van der Waals surface area contributed by atoms with E-state index in [9.17, 15) is 0 Å². The third kappa shape index (κ3) is 3.60. The van der Waals surface area contributed by atoms with Gasteiger partial charge in [-0.15, -0.1) is 0 Å². The van der Waals surface area contributed by atoms with E-state index in [1.807, 2.05) is 6.92 Å². The van der Waals surface area contributed by atoms with Crippen molar-refractivity contribution in [3.05, 3.63) is 0 Å². The van der Waals surface area contributed by atoms with E-state index in [1.54, 1.807) is 0 Å². The summed E-state index contributed by atoms with van der Waals surface area (Å²) in [6, 6.07) is 0.139. The molecule has 1 aliphatic heterocycles. The summed E-state index contributed by atoms with van der Waals surface area (Å²) in [7, 11) is 0. The molecule has 0 saturated carbocycles. The summed E-state index contributed by atoms with van der Waals surface area (Å²) in [4.78, 5) is 0. The number of hydrazine groups is 1. The molecule has 0 aliphatic carbocycles. The highest BCUT2D eigenvalue weighted by Gasteiger charge is 2.23. The Hall–Kier alpha value is -0.160. The summed E-state index contributed by atoms with van der Waals surface area (Å²) in [5.41, 5.74) is 2.76. The summed E-state index contributed by atoms with van der Waals surface area (Å²) >= 11 is 0. The third-order valence-electron chi connectivity index (χ3n) is 2.38. The van der Waals surface area contributed by atoms with Crippen LogP contribution in [0.2, 0.25) is 0 Å². The molecule has 1 fully saturated rings. The number of rotatable bonds is 5. The lowest BCUT2D eigenvalue weighted by atomic mass is 10.0.